The minimum Gasteiger partial charge on any atom is -0.325 e. The van der Waals surface area contributed by atoms with Crippen LogP contribution in [0.25, 0.3) is 5.65 Å². The van der Waals surface area contributed by atoms with Gasteiger partial charge in [0.15, 0.2) is 0 Å². The van der Waals surface area contributed by atoms with Gasteiger partial charge in [-0.3, -0.25) is 4.79 Å². The number of imidazole rings is 1. The van der Waals surface area contributed by atoms with Crippen LogP contribution < -0.4 is 5.32 Å². The van der Waals surface area contributed by atoms with Crippen molar-refractivity contribution in [1.82, 2.24) is 9.38 Å². The average molecular weight is 408 g/mol. The van der Waals surface area contributed by atoms with Crippen LogP contribution in [0.15, 0.2) is 42.6 Å². The quantitative estimate of drug-likeness (QED) is 0.569. The van der Waals surface area contributed by atoms with Gasteiger partial charge in [0, 0.05) is 28.7 Å². The summed E-state index contributed by atoms with van der Waals surface area (Å²) in [4.78, 5) is 17.6. The summed E-state index contributed by atoms with van der Waals surface area (Å²) in [6, 6.07) is 12.1. The number of hydrogen-bond acceptors (Lipinski definition) is 2. The summed E-state index contributed by atoms with van der Waals surface area (Å²) >= 11 is 6.00. The van der Waals surface area contributed by atoms with Gasteiger partial charge < -0.3 is 9.72 Å². The molecule has 150 valence electrons. The molecule has 29 heavy (non-hydrogen) atoms. The first-order valence-corrected chi connectivity index (χ1v) is 11.0. The van der Waals surface area contributed by atoms with Crippen molar-refractivity contribution in [3.63, 3.8) is 0 Å². The molecule has 4 nitrogen and oxygen atoms in total. The molecule has 1 amide bonds. The molecular formula is C24H26ClN3O. The smallest absolute Gasteiger partial charge is 0.227 e. The third kappa shape index (κ3) is 3.78. The number of benzene rings is 1. The number of carbonyl (C=O) groups is 1. The van der Waals surface area contributed by atoms with E-state index in [0.29, 0.717) is 11.8 Å². The second-order valence-corrected chi connectivity index (χ2v) is 9.03. The first-order valence-electron chi connectivity index (χ1n) is 10.6. The number of aryl methyl sites for hydroxylation is 1. The zero-order valence-electron chi connectivity index (χ0n) is 16.7. The van der Waals surface area contributed by atoms with Crippen molar-refractivity contribution in [1.29, 1.82) is 0 Å². The number of carbonyl (C=O) groups excluding carboxylic acids is 1. The van der Waals surface area contributed by atoms with Crippen LogP contribution in [0.5, 0.6) is 0 Å². The fourth-order valence-electron chi connectivity index (χ4n) is 4.67. The van der Waals surface area contributed by atoms with Gasteiger partial charge in [0.25, 0.3) is 0 Å². The molecule has 5 heteroatoms. The number of nitrogens with zero attached hydrogens (tertiary/aromatic N) is 2. The fraction of sp³-hybridized carbons (Fsp3) is 0.417. The van der Waals surface area contributed by atoms with Gasteiger partial charge >= 0.3 is 0 Å². The molecule has 2 aliphatic rings. The summed E-state index contributed by atoms with van der Waals surface area (Å²) in [6.07, 6.45) is 8.45. The highest BCUT2D eigenvalue weighted by atomic mass is 35.5. The van der Waals surface area contributed by atoms with Crippen LogP contribution in [0, 0.1) is 12.8 Å². The summed E-state index contributed by atoms with van der Waals surface area (Å²) in [7, 11) is 0. The molecule has 1 N–H and O–H groups in total. The van der Waals surface area contributed by atoms with Gasteiger partial charge in [-0.05, 0) is 81.2 Å². The maximum absolute atomic E-state index is 12.8. The van der Waals surface area contributed by atoms with E-state index in [-0.39, 0.29) is 11.8 Å². The van der Waals surface area contributed by atoms with Crippen LogP contribution >= 0.6 is 11.6 Å². The summed E-state index contributed by atoms with van der Waals surface area (Å²) in [6.45, 7) is 2.12. The Labute approximate surface area is 176 Å². The van der Waals surface area contributed by atoms with Crippen LogP contribution in [-0.2, 0) is 4.79 Å². The Kier molecular flexibility index (Phi) is 4.83. The number of halogens is 1. The van der Waals surface area contributed by atoms with E-state index in [1.54, 1.807) is 0 Å². The molecule has 0 spiro atoms. The van der Waals surface area contributed by atoms with Gasteiger partial charge in [-0.2, -0.15) is 0 Å². The lowest BCUT2D eigenvalue weighted by molar-refractivity contribution is -0.120. The molecule has 1 aromatic carbocycles. The Morgan fingerprint density at radius 2 is 1.69 bits per heavy atom. The molecule has 2 aromatic heterocycles. The molecule has 0 atom stereocenters. The van der Waals surface area contributed by atoms with E-state index in [2.05, 4.69) is 28.8 Å². The van der Waals surface area contributed by atoms with E-state index < -0.39 is 0 Å². The minimum absolute atomic E-state index is 0.0835. The standard InChI is InChI=1S/C24H26ClN3O/c1-15-23(18-4-5-18)27-22-13-12-21(14-28(15)22)26-24(29)19-6-2-16(3-7-19)17-8-10-20(25)11-9-17/h8-14,16,18-19H,2-7H2,1H3,(H,26,29). The summed E-state index contributed by atoms with van der Waals surface area (Å²) in [5.74, 6) is 1.38. The number of aromatic nitrogens is 2. The fourth-order valence-corrected chi connectivity index (χ4v) is 4.79. The molecule has 0 radical (unpaired) electrons. The molecule has 5 rings (SSSR count). The summed E-state index contributed by atoms with van der Waals surface area (Å²) in [5.41, 5.74) is 5.56. The summed E-state index contributed by atoms with van der Waals surface area (Å²) in [5, 5.41) is 3.92. The van der Waals surface area contributed by atoms with Gasteiger partial charge in [0.1, 0.15) is 5.65 Å². The second-order valence-electron chi connectivity index (χ2n) is 8.59. The molecule has 0 aliphatic heterocycles. The van der Waals surface area contributed by atoms with Crippen LogP contribution in [0.2, 0.25) is 5.02 Å². The van der Waals surface area contributed by atoms with E-state index in [0.717, 1.165) is 42.0 Å². The first kappa shape index (κ1) is 18.7. The minimum atomic E-state index is 0.0835. The largest absolute Gasteiger partial charge is 0.325 e. The number of anilines is 1. The van der Waals surface area contributed by atoms with Gasteiger partial charge in [-0.25, -0.2) is 4.98 Å². The average Bonchev–Trinajstić information content (AvgIpc) is 3.53. The van der Waals surface area contributed by atoms with Crippen LogP contribution in [0.1, 0.15) is 67.3 Å². The predicted molar refractivity (Wildman–Crippen MR) is 117 cm³/mol. The topological polar surface area (TPSA) is 46.4 Å². The van der Waals surface area contributed by atoms with E-state index in [9.17, 15) is 4.79 Å². The van der Waals surface area contributed by atoms with Crippen molar-refractivity contribution < 1.29 is 4.79 Å². The molecule has 2 fully saturated rings. The molecule has 3 aromatic rings. The molecule has 2 saturated carbocycles. The van der Waals surface area contributed by atoms with Gasteiger partial charge in [0.2, 0.25) is 5.91 Å². The number of hydrogen-bond donors (Lipinski definition) is 1. The highest BCUT2D eigenvalue weighted by Gasteiger charge is 2.29. The van der Waals surface area contributed by atoms with Gasteiger partial charge in [-0.1, -0.05) is 23.7 Å². The maximum atomic E-state index is 12.8. The van der Waals surface area contributed by atoms with Crippen LogP contribution in [0.3, 0.4) is 0 Å². The predicted octanol–water partition coefficient (Wildman–Crippen LogP) is 6.09. The Morgan fingerprint density at radius 1 is 1.00 bits per heavy atom. The molecule has 0 unspecified atom stereocenters. The highest BCUT2D eigenvalue weighted by molar-refractivity contribution is 6.30. The van der Waals surface area contributed by atoms with Gasteiger partial charge in [-0.15, -0.1) is 0 Å². The van der Waals surface area contributed by atoms with Crippen molar-refractivity contribution in [2.45, 2.75) is 57.3 Å². The maximum Gasteiger partial charge on any atom is 0.227 e. The number of fused-ring (bicyclic) bond motifs is 1. The Bertz CT molecular complexity index is 1040. The van der Waals surface area contributed by atoms with Crippen LogP contribution in [-0.4, -0.2) is 15.3 Å². The molecular weight excluding hydrogens is 382 g/mol. The summed E-state index contributed by atoms with van der Waals surface area (Å²) < 4.78 is 2.11. The van der Waals surface area contributed by atoms with E-state index in [1.807, 2.05) is 30.5 Å². The highest BCUT2D eigenvalue weighted by Crippen LogP contribution is 2.41. The normalized spacial score (nSPS) is 22.0. The third-order valence-corrected chi connectivity index (χ3v) is 6.82. The van der Waals surface area contributed by atoms with Crippen molar-refractivity contribution in [3.05, 3.63) is 64.6 Å². The van der Waals surface area contributed by atoms with E-state index in [4.69, 9.17) is 16.6 Å². The van der Waals surface area contributed by atoms with Crippen molar-refractivity contribution in [2.75, 3.05) is 5.32 Å². The Balaban J connectivity index is 1.24. The SMILES string of the molecule is Cc1c(C2CC2)nc2ccc(NC(=O)C3CCC(c4ccc(Cl)cc4)CC3)cn12. The van der Waals surface area contributed by atoms with Gasteiger partial charge in [0.05, 0.1) is 11.4 Å². The Hall–Kier alpha value is -2.33. The van der Waals surface area contributed by atoms with E-state index >= 15 is 0 Å². The molecule has 0 bridgehead atoms. The zero-order chi connectivity index (χ0) is 20.0. The van der Waals surface area contributed by atoms with Crippen molar-refractivity contribution >= 4 is 28.8 Å². The number of pyridine rings is 1. The van der Waals surface area contributed by atoms with Crippen molar-refractivity contribution in [2.24, 2.45) is 5.92 Å². The number of nitrogens with one attached hydrogen (secondary N) is 1. The number of rotatable bonds is 4. The zero-order valence-corrected chi connectivity index (χ0v) is 17.5. The van der Waals surface area contributed by atoms with Crippen LogP contribution in [0.4, 0.5) is 5.69 Å². The molecule has 2 aliphatic carbocycles. The third-order valence-electron chi connectivity index (χ3n) is 6.56. The second kappa shape index (κ2) is 7.49. The lowest BCUT2D eigenvalue weighted by Crippen LogP contribution is -2.26. The lowest BCUT2D eigenvalue weighted by Gasteiger charge is -2.28. The molecule has 2 heterocycles. The Morgan fingerprint density at radius 3 is 2.38 bits per heavy atom. The van der Waals surface area contributed by atoms with E-state index in [1.165, 1.54) is 29.8 Å². The van der Waals surface area contributed by atoms with Crippen molar-refractivity contribution in [3.8, 4) is 0 Å². The molecule has 0 saturated heterocycles. The lowest BCUT2D eigenvalue weighted by atomic mass is 9.78. The monoisotopic (exact) mass is 407 g/mol. The number of amides is 1. The first-order chi connectivity index (χ1) is 14.1.